The van der Waals surface area contributed by atoms with E-state index in [2.05, 4.69) is 26.3 Å². The van der Waals surface area contributed by atoms with Crippen molar-refractivity contribution in [3.8, 4) is 17.0 Å². The molecule has 0 saturated heterocycles. The molecule has 0 aliphatic heterocycles. The number of nitrogens with zero attached hydrogens (tertiary/aromatic N) is 4. The molecule has 0 atom stereocenters. The van der Waals surface area contributed by atoms with Gasteiger partial charge in [-0.2, -0.15) is 5.26 Å². The van der Waals surface area contributed by atoms with E-state index in [1.807, 2.05) is 35.7 Å². The number of ether oxygens (including phenoxy) is 1. The molecule has 132 valence electrons. The summed E-state index contributed by atoms with van der Waals surface area (Å²) in [5.41, 5.74) is 2.33. The highest BCUT2D eigenvalue weighted by Gasteiger charge is 2.08. The van der Waals surface area contributed by atoms with E-state index in [9.17, 15) is 0 Å². The molecule has 0 aliphatic carbocycles. The van der Waals surface area contributed by atoms with Crippen LogP contribution in [0.1, 0.15) is 11.3 Å². The highest BCUT2D eigenvalue weighted by molar-refractivity contribution is 7.11. The van der Waals surface area contributed by atoms with Gasteiger partial charge in [0.2, 0.25) is 0 Å². The van der Waals surface area contributed by atoms with Crippen LogP contribution in [0.2, 0.25) is 0 Å². The van der Waals surface area contributed by atoms with Crippen molar-refractivity contribution in [3.63, 3.8) is 0 Å². The lowest BCUT2D eigenvalue weighted by Crippen LogP contribution is -2.07. The van der Waals surface area contributed by atoms with E-state index < -0.39 is 0 Å². The molecule has 0 unspecified atom stereocenters. The third-order valence-corrected chi connectivity index (χ3v) is 4.72. The zero-order valence-corrected chi connectivity index (χ0v) is 15.1. The zero-order valence-electron chi connectivity index (χ0n) is 14.3. The molecule has 0 radical (unpaired) electrons. The van der Waals surface area contributed by atoms with Gasteiger partial charge in [-0.25, -0.2) is 15.0 Å². The van der Waals surface area contributed by atoms with Crippen LogP contribution in [0.5, 0.6) is 10.9 Å². The van der Waals surface area contributed by atoms with Gasteiger partial charge in [0.15, 0.2) is 0 Å². The van der Waals surface area contributed by atoms with Gasteiger partial charge in [0, 0.05) is 23.7 Å². The average Bonchev–Trinajstić information content (AvgIpc) is 3.16. The molecule has 7 heteroatoms. The van der Waals surface area contributed by atoms with Crippen LogP contribution in [-0.2, 0) is 6.42 Å². The Balaban J connectivity index is 1.39. The zero-order chi connectivity index (χ0) is 18.5. The highest BCUT2D eigenvalue weighted by Crippen LogP contribution is 2.27. The molecule has 2 aromatic heterocycles. The SMILES string of the molecule is N#Cc1ccccc1Oc1nc(CCNc2ncnc3ccccc23)cs1. The lowest BCUT2D eigenvalue weighted by atomic mass is 10.2. The summed E-state index contributed by atoms with van der Waals surface area (Å²) in [4.78, 5) is 13.1. The molecule has 1 N–H and O–H groups in total. The summed E-state index contributed by atoms with van der Waals surface area (Å²) in [7, 11) is 0. The third kappa shape index (κ3) is 3.86. The first-order valence-electron chi connectivity index (χ1n) is 8.38. The van der Waals surface area contributed by atoms with Gasteiger partial charge >= 0.3 is 0 Å². The van der Waals surface area contributed by atoms with Gasteiger partial charge in [0.25, 0.3) is 5.19 Å². The molecule has 27 heavy (non-hydrogen) atoms. The molecular weight excluding hydrogens is 358 g/mol. The number of hydrogen-bond donors (Lipinski definition) is 1. The quantitative estimate of drug-likeness (QED) is 0.539. The number of para-hydroxylation sites is 2. The molecule has 0 bridgehead atoms. The number of benzene rings is 2. The molecule has 0 amide bonds. The smallest absolute Gasteiger partial charge is 0.278 e. The summed E-state index contributed by atoms with van der Waals surface area (Å²) >= 11 is 1.42. The first-order valence-corrected chi connectivity index (χ1v) is 9.26. The predicted molar refractivity (Wildman–Crippen MR) is 105 cm³/mol. The van der Waals surface area contributed by atoms with Gasteiger partial charge in [-0.15, -0.1) is 0 Å². The van der Waals surface area contributed by atoms with Crippen molar-refractivity contribution >= 4 is 28.1 Å². The summed E-state index contributed by atoms with van der Waals surface area (Å²) in [5, 5.41) is 16.0. The second-order valence-corrected chi connectivity index (χ2v) is 6.55. The van der Waals surface area contributed by atoms with Crippen molar-refractivity contribution in [2.45, 2.75) is 6.42 Å². The van der Waals surface area contributed by atoms with Crippen LogP contribution in [0.15, 0.2) is 60.2 Å². The molecule has 4 rings (SSSR count). The number of aromatic nitrogens is 3. The summed E-state index contributed by atoms with van der Waals surface area (Å²) < 4.78 is 5.75. The Morgan fingerprint density at radius 3 is 2.85 bits per heavy atom. The number of nitrogens with one attached hydrogen (secondary N) is 1. The topological polar surface area (TPSA) is 83.7 Å². The fourth-order valence-corrected chi connectivity index (χ4v) is 3.36. The summed E-state index contributed by atoms with van der Waals surface area (Å²) in [6.07, 6.45) is 2.30. The van der Waals surface area contributed by atoms with Crippen molar-refractivity contribution < 1.29 is 4.74 Å². The lowest BCUT2D eigenvalue weighted by Gasteiger charge is -2.07. The van der Waals surface area contributed by atoms with Gasteiger partial charge in [-0.05, 0) is 24.3 Å². The molecule has 0 saturated carbocycles. The van der Waals surface area contributed by atoms with Gasteiger partial charge in [0.1, 0.15) is 24.0 Å². The Kier molecular flexibility index (Phi) is 4.90. The van der Waals surface area contributed by atoms with E-state index in [4.69, 9.17) is 10.00 Å². The standard InChI is InChI=1S/C20H15N5OS/c21-11-14-5-1-4-8-18(14)26-20-25-15(12-27-20)9-10-22-19-16-6-2-3-7-17(16)23-13-24-19/h1-8,12-13H,9-10H2,(H,22,23,24). The van der Waals surface area contributed by atoms with Crippen LogP contribution in [0.3, 0.4) is 0 Å². The molecule has 4 aromatic rings. The van der Waals surface area contributed by atoms with Crippen LogP contribution >= 0.6 is 11.3 Å². The van der Waals surface area contributed by atoms with Crippen molar-refractivity contribution in [1.82, 2.24) is 15.0 Å². The predicted octanol–water partition coefficient (Wildman–Crippen LogP) is 4.40. The number of rotatable bonds is 6. The summed E-state index contributed by atoms with van der Waals surface area (Å²) in [5.74, 6) is 1.33. The van der Waals surface area contributed by atoms with Gasteiger partial charge in [0.05, 0.1) is 16.8 Å². The molecule has 2 heterocycles. The van der Waals surface area contributed by atoms with E-state index in [1.165, 1.54) is 11.3 Å². The van der Waals surface area contributed by atoms with Crippen molar-refractivity contribution in [3.05, 3.63) is 71.5 Å². The fraction of sp³-hybridized carbons (Fsp3) is 0.100. The molecule has 2 aromatic carbocycles. The molecule has 6 nitrogen and oxygen atoms in total. The summed E-state index contributed by atoms with van der Waals surface area (Å²) in [6.45, 7) is 0.693. The molecule has 0 fully saturated rings. The Hall–Kier alpha value is -3.50. The second-order valence-electron chi connectivity index (χ2n) is 5.73. The minimum Gasteiger partial charge on any atom is -0.429 e. The van der Waals surface area contributed by atoms with E-state index in [-0.39, 0.29) is 0 Å². The third-order valence-electron chi connectivity index (χ3n) is 3.95. The van der Waals surface area contributed by atoms with E-state index in [0.717, 1.165) is 28.8 Å². The number of hydrogen-bond acceptors (Lipinski definition) is 7. The van der Waals surface area contributed by atoms with Gasteiger partial charge in [-0.1, -0.05) is 35.6 Å². The van der Waals surface area contributed by atoms with Crippen LogP contribution in [0.4, 0.5) is 5.82 Å². The Labute approximate surface area is 160 Å². The van der Waals surface area contributed by atoms with Crippen molar-refractivity contribution in [2.24, 2.45) is 0 Å². The second kappa shape index (κ2) is 7.81. The number of anilines is 1. The minimum atomic E-state index is 0.492. The normalized spacial score (nSPS) is 10.5. The fourth-order valence-electron chi connectivity index (χ4n) is 2.65. The monoisotopic (exact) mass is 373 g/mol. The van der Waals surface area contributed by atoms with Crippen LogP contribution in [0, 0.1) is 11.3 Å². The molecule has 0 spiro atoms. The van der Waals surface area contributed by atoms with Crippen molar-refractivity contribution in [1.29, 1.82) is 5.26 Å². The van der Waals surface area contributed by atoms with E-state index >= 15 is 0 Å². The molecule has 0 aliphatic rings. The summed E-state index contributed by atoms with van der Waals surface area (Å²) in [6, 6.07) is 17.1. The Morgan fingerprint density at radius 2 is 1.93 bits per heavy atom. The first kappa shape index (κ1) is 16.9. The van der Waals surface area contributed by atoms with Crippen molar-refractivity contribution in [2.75, 3.05) is 11.9 Å². The highest BCUT2D eigenvalue weighted by atomic mass is 32.1. The number of fused-ring (bicyclic) bond motifs is 1. The number of nitriles is 1. The largest absolute Gasteiger partial charge is 0.429 e. The van der Waals surface area contributed by atoms with Crippen LogP contribution in [0.25, 0.3) is 10.9 Å². The van der Waals surface area contributed by atoms with Crippen LogP contribution < -0.4 is 10.1 Å². The Morgan fingerprint density at radius 1 is 1.07 bits per heavy atom. The first-order chi connectivity index (χ1) is 13.3. The lowest BCUT2D eigenvalue weighted by molar-refractivity contribution is 0.475. The maximum atomic E-state index is 9.14. The van der Waals surface area contributed by atoms with Crippen LogP contribution in [-0.4, -0.2) is 21.5 Å². The van der Waals surface area contributed by atoms with E-state index in [0.29, 0.717) is 23.1 Å². The minimum absolute atomic E-state index is 0.492. The van der Waals surface area contributed by atoms with E-state index in [1.54, 1.807) is 24.5 Å². The Bertz CT molecular complexity index is 1110. The molecular formula is C20H15N5OS. The van der Waals surface area contributed by atoms with Gasteiger partial charge < -0.3 is 10.1 Å². The number of thiazole rings is 1. The average molecular weight is 373 g/mol. The van der Waals surface area contributed by atoms with Gasteiger partial charge in [-0.3, -0.25) is 0 Å². The maximum Gasteiger partial charge on any atom is 0.278 e. The maximum absolute atomic E-state index is 9.14.